The zero-order chi connectivity index (χ0) is 17.4. The fourth-order valence-electron chi connectivity index (χ4n) is 2.38. The van der Waals surface area contributed by atoms with Crippen molar-refractivity contribution in [2.45, 2.75) is 90.4 Å². The topological polar surface area (TPSA) is 367 Å². The SMILES string of the molecule is C.C.N.N.N[C@H]1CCCC[C@@H]1N.N[C@H]1CCCC[C@@H]1N.O.O.O.O.[Cl][Pt][Cl].[Cl][Pt][Cl].[NH2-].[NH2-].[Pt+2].[Pt]. The molecule has 0 aromatic carbocycles. The van der Waals surface area contributed by atoms with E-state index in [0.717, 1.165) is 25.7 Å². The molecule has 242 valence electrons. The number of rotatable bonds is 0. The predicted octanol–water partition coefficient (Wildman–Crippen LogP) is 2.91. The van der Waals surface area contributed by atoms with Crippen molar-refractivity contribution in [3.8, 4) is 0 Å². The second-order valence-corrected chi connectivity index (χ2v) is 11.9. The minimum Gasteiger partial charge on any atom is -0.693 e. The summed E-state index contributed by atoms with van der Waals surface area (Å²) in [5.74, 6) is 0. The van der Waals surface area contributed by atoms with Gasteiger partial charge in [0.25, 0.3) is 0 Å². The zero-order valence-electron chi connectivity index (χ0n) is 17.6. The molecule has 0 saturated heterocycles. The monoisotopic (exact) mass is 1320 g/mol. The van der Waals surface area contributed by atoms with Gasteiger partial charge in [0.05, 0.1) is 0 Å². The summed E-state index contributed by atoms with van der Waals surface area (Å²) in [4.78, 5) is 0. The first-order chi connectivity index (χ1) is 10.4. The first-order valence-corrected chi connectivity index (χ1v) is 18.4. The average Bonchev–Trinajstić information content (AvgIpc) is 2.48. The molecule has 2 rings (SSSR count). The Morgan fingerprint density at radius 1 is 0.500 bits per heavy atom. The van der Waals surface area contributed by atoms with Gasteiger partial charge in [-0.1, -0.05) is 40.5 Å². The van der Waals surface area contributed by atoms with Gasteiger partial charge in [0.1, 0.15) is 0 Å². The number of halogens is 4. The molecule has 20 heteroatoms. The second kappa shape index (κ2) is 70.7. The molecule has 0 spiro atoms. The van der Waals surface area contributed by atoms with Crippen molar-refractivity contribution in [2.24, 2.45) is 22.9 Å². The van der Waals surface area contributed by atoms with Crippen LogP contribution in [0.4, 0.5) is 0 Å². The molecule has 0 radical (unpaired) electrons. The summed E-state index contributed by atoms with van der Waals surface area (Å²) in [7, 11) is 19.5. The molecule has 0 bridgehead atoms. The summed E-state index contributed by atoms with van der Waals surface area (Å²) in [5.41, 5.74) is 22.6. The normalized spacial score (nSPS) is 20.0. The summed E-state index contributed by atoms with van der Waals surface area (Å²) in [5, 5.41) is 0. The van der Waals surface area contributed by atoms with Gasteiger partial charge in [0.2, 0.25) is 0 Å². The van der Waals surface area contributed by atoms with Crippen LogP contribution < -0.4 is 35.2 Å². The van der Waals surface area contributed by atoms with Crippen LogP contribution in [0.15, 0.2) is 0 Å². The van der Waals surface area contributed by atoms with Crippen molar-refractivity contribution < 1.29 is 97.0 Å². The summed E-state index contributed by atoms with van der Waals surface area (Å²) < 4.78 is 0. The Balaban J connectivity index is -0.0000000124. The zero-order valence-corrected chi connectivity index (χ0v) is 29.7. The van der Waals surface area contributed by atoms with Crippen molar-refractivity contribution in [3.63, 3.8) is 0 Å². The van der Waals surface area contributed by atoms with Crippen LogP contribution >= 0.6 is 37.7 Å². The molecule has 2 aliphatic carbocycles. The van der Waals surface area contributed by atoms with Crippen molar-refractivity contribution in [1.29, 1.82) is 0 Å². The smallest absolute Gasteiger partial charge is 0.693 e. The summed E-state index contributed by atoms with van der Waals surface area (Å²) in [6.45, 7) is 0. The predicted molar refractivity (Wildman–Crippen MR) is 141 cm³/mol. The maximum atomic E-state index is 5.65. The van der Waals surface area contributed by atoms with Crippen LogP contribution in [0.25, 0.3) is 12.3 Å². The summed E-state index contributed by atoms with van der Waals surface area (Å²) >= 11 is -0.944. The minimum absolute atomic E-state index is 0. The van der Waals surface area contributed by atoms with E-state index in [4.69, 9.17) is 60.6 Å². The second-order valence-electron chi connectivity index (χ2n) is 5.31. The fraction of sp³-hybridized carbons (Fsp3) is 1.00. The first kappa shape index (κ1) is 90.5. The van der Waals surface area contributed by atoms with Crippen molar-refractivity contribution in [2.75, 3.05) is 0 Å². The third-order valence-corrected chi connectivity index (χ3v) is 3.75. The van der Waals surface area contributed by atoms with E-state index in [1.807, 2.05) is 0 Å². The summed E-state index contributed by atoms with van der Waals surface area (Å²) in [6, 6.07) is 1.12. The number of hydrogen-bond donors (Lipinski definition) is 6. The molecule has 26 N–H and O–H groups in total. The maximum Gasteiger partial charge on any atom is 2.00 e. The standard InChI is InChI=1S/2C6H14N2.2CH4.4ClH.2H3N.2H2N.4H2O.4Pt/c2*7-5-3-1-2-4-6(5)8;;;;;;;;;;;;;;;;;;/h2*5-6H,1-4,7-8H2;2*1H4;4*1H;2*1H3;6*1H2;;;;/q;;;;;;;;;;2*-1;;;;;;3*+2/p-4/t2*5-,6-;;;;;;;;;;;;;;;;;;/m00................../s1. The minimum atomic E-state index is -0.472. The van der Waals surface area contributed by atoms with Gasteiger partial charge in [-0.15, -0.1) is 0 Å². The van der Waals surface area contributed by atoms with E-state index in [0.29, 0.717) is 0 Å². The molecule has 0 heterocycles. The van der Waals surface area contributed by atoms with E-state index in [-0.39, 0.29) is 128 Å². The largest absolute Gasteiger partial charge is 2.00 e. The molecular formula is C14H54Cl4N8O4Pt4. The number of hydrogen-bond acceptors (Lipinski definition) is 6. The Morgan fingerprint density at radius 2 is 0.588 bits per heavy atom. The van der Waals surface area contributed by atoms with Gasteiger partial charge < -0.3 is 69.4 Å². The molecule has 2 aliphatic rings. The summed E-state index contributed by atoms with van der Waals surface area (Å²) in [6.07, 6.45) is 9.60. The average molecular weight is 1320 g/mol. The third-order valence-electron chi connectivity index (χ3n) is 3.75. The van der Waals surface area contributed by atoms with E-state index in [1.165, 1.54) is 25.7 Å². The molecule has 2 fully saturated rings. The Morgan fingerprint density at radius 3 is 0.647 bits per heavy atom. The number of nitrogens with two attached hydrogens (primary N) is 6. The van der Waals surface area contributed by atoms with E-state index < -0.39 is 33.0 Å². The molecule has 0 aromatic rings. The Kier molecular flexibility index (Phi) is 188. The molecule has 0 aromatic heterocycles. The first-order valence-electron chi connectivity index (χ1n) is 7.11. The Labute approximate surface area is 269 Å². The maximum absolute atomic E-state index is 5.65. The van der Waals surface area contributed by atoms with Crippen molar-refractivity contribution in [3.05, 3.63) is 12.3 Å². The quantitative estimate of drug-likeness (QED) is 0.212. The molecule has 0 unspecified atom stereocenters. The van der Waals surface area contributed by atoms with Crippen LogP contribution in [-0.2, 0) is 75.1 Å². The van der Waals surface area contributed by atoms with Crippen LogP contribution in [0.5, 0.6) is 0 Å². The molecular weight excluding hydrogens is 1270 g/mol. The molecule has 2 saturated carbocycles. The third kappa shape index (κ3) is 64.9. The van der Waals surface area contributed by atoms with Gasteiger partial charge >= 0.3 is 91.7 Å². The van der Waals surface area contributed by atoms with Crippen LogP contribution in [0.3, 0.4) is 0 Å². The van der Waals surface area contributed by atoms with Crippen LogP contribution in [0, 0.1) is 0 Å². The van der Waals surface area contributed by atoms with Crippen LogP contribution in [0.2, 0.25) is 0 Å². The van der Waals surface area contributed by atoms with Crippen molar-refractivity contribution in [1.82, 2.24) is 12.3 Å². The van der Waals surface area contributed by atoms with E-state index in [2.05, 4.69) is 0 Å². The Hall–Kier alpha value is 3.43. The molecule has 4 atom stereocenters. The van der Waals surface area contributed by atoms with E-state index >= 15 is 0 Å². The molecule has 0 amide bonds. The van der Waals surface area contributed by atoms with Crippen LogP contribution in [0.1, 0.15) is 66.2 Å². The van der Waals surface area contributed by atoms with E-state index in [1.54, 1.807) is 0 Å². The van der Waals surface area contributed by atoms with Crippen molar-refractivity contribution >= 4 is 37.7 Å². The van der Waals surface area contributed by atoms with Gasteiger partial charge in [-0.25, -0.2) is 0 Å². The van der Waals surface area contributed by atoms with Crippen LogP contribution in [-0.4, -0.2) is 46.1 Å². The fourth-order valence-corrected chi connectivity index (χ4v) is 2.38. The van der Waals surface area contributed by atoms with Gasteiger partial charge in [0, 0.05) is 45.2 Å². The van der Waals surface area contributed by atoms with E-state index in [9.17, 15) is 0 Å². The molecule has 34 heavy (non-hydrogen) atoms. The van der Waals surface area contributed by atoms with Gasteiger partial charge in [0.15, 0.2) is 0 Å². The molecule has 12 nitrogen and oxygen atoms in total. The van der Waals surface area contributed by atoms with Gasteiger partial charge in [-0.3, -0.25) is 0 Å². The van der Waals surface area contributed by atoms with Gasteiger partial charge in [-0.2, -0.15) is 0 Å². The van der Waals surface area contributed by atoms with Gasteiger partial charge in [-0.05, 0) is 25.7 Å². The Bertz CT molecular complexity index is 226. The molecule has 0 aliphatic heterocycles.